The van der Waals surface area contributed by atoms with Gasteiger partial charge in [-0.25, -0.2) is 4.79 Å². The third-order valence-corrected chi connectivity index (χ3v) is 2.33. The Balaban J connectivity index is 2.91. The van der Waals surface area contributed by atoms with E-state index in [9.17, 15) is 9.59 Å². The largest absolute Gasteiger partial charge is 0.469 e. The predicted molar refractivity (Wildman–Crippen MR) is 67.6 cm³/mol. The molecule has 1 aromatic rings. The van der Waals surface area contributed by atoms with E-state index in [1.165, 1.54) is 20.3 Å². The van der Waals surface area contributed by atoms with Crippen molar-refractivity contribution in [1.29, 1.82) is 0 Å². The van der Waals surface area contributed by atoms with Gasteiger partial charge in [-0.15, -0.1) is 0 Å². The van der Waals surface area contributed by atoms with Gasteiger partial charge in [0.15, 0.2) is 0 Å². The summed E-state index contributed by atoms with van der Waals surface area (Å²) in [6.45, 7) is 0. The van der Waals surface area contributed by atoms with E-state index in [2.05, 4.69) is 9.47 Å². The Bertz CT molecular complexity index is 480. The first-order valence-electron chi connectivity index (χ1n) is 5.28. The molecule has 5 nitrogen and oxygen atoms in total. The van der Waals surface area contributed by atoms with Crippen LogP contribution >= 0.6 is 0 Å². The molecule has 0 aromatic heterocycles. The molecule has 0 aliphatic heterocycles. The van der Waals surface area contributed by atoms with Crippen molar-refractivity contribution < 1.29 is 19.1 Å². The SMILES string of the molecule is COC(=O)C=Cc1cc(CC(=O)OC)ccc1N. The highest BCUT2D eigenvalue weighted by Gasteiger charge is 2.05. The molecule has 0 fully saturated rings. The number of carbonyl (C=O) groups excluding carboxylic acids is 2. The summed E-state index contributed by atoms with van der Waals surface area (Å²) in [6, 6.07) is 5.14. The second-order valence-corrected chi connectivity index (χ2v) is 3.57. The molecule has 96 valence electrons. The molecular weight excluding hydrogens is 234 g/mol. The molecule has 1 rings (SSSR count). The summed E-state index contributed by atoms with van der Waals surface area (Å²) in [4.78, 5) is 22.1. The molecule has 1 aromatic carbocycles. The molecule has 0 heterocycles. The van der Waals surface area contributed by atoms with Crippen LogP contribution in [0.4, 0.5) is 5.69 Å². The van der Waals surface area contributed by atoms with Crippen LogP contribution in [0.5, 0.6) is 0 Å². The first-order chi connectivity index (χ1) is 8.56. The quantitative estimate of drug-likeness (QED) is 0.492. The van der Waals surface area contributed by atoms with Crippen LogP contribution in [0.2, 0.25) is 0 Å². The first kappa shape index (κ1) is 13.8. The van der Waals surface area contributed by atoms with Crippen LogP contribution in [-0.4, -0.2) is 26.2 Å². The molecular formula is C13H15NO4. The van der Waals surface area contributed by atoms with Crippen molar-refractivity contribution in [2.24, 2.45) is 0 Å². The van der Waals surface area contributed by atoms with Crippen LogP contribution in [0.1, 0.15) is 11.1 Å². The fraction of sp³-hybridized carbons (Fsp3) is 0.231. The highest BCUT2D eigenvalue weighted by Crippen LogP contribution is 2.16. The lowest BCUT2D eigenvalue weighted by atomic mass is 10.1. The van der Waals surface area contributed by atoms with Crippen molar-refractivity contribution in [2.75, 3.05) is 20.0 Å². The van der Waals surface area contributed by atoms with Crippen molar-refractivity contribution in [3.05, 3.63) is 35.4 Å². The number of benzene rings is 1. The van der Waals surface area contributed by atoms with Crippen molar-refractivity contribution >= 4 is 23.7 Å². The van der Waals surface area contributed by atoms with E-state index < -0.39 is 5.97 Å². The normalized spacial score (nSPS) is 10.3. The van der Waals surface area contributed by atoms with Crippen molar-refractivity contribution in [3.8, 4) is 0 Å². The summed E-state index contributed by atoms with van der Waals surface area (Å²) in [5.74, 6) is -0.796. The molecule has 0 atom stereocenters. The fourth-order valence-electron chi connectivity index (χ4n) is 1.34. The second kappa shape index (κ2) is 6.44. The van der Waals surface area contributed by atoms with E-state index in [4.69, 9.17) is 5.73 Å². The number of esters is 2. The Hall–Kier alpha value is -2.30. The zero-order valence-corrected chi connectivity index (χ0v) is 10.3. The number of methoxy groups -OCH3 is 2. The number of nitrogens with two attached hydrogens (primary N) is 1. The average molecular weight is 249 g/mol. The highest BCUT2D eigenvalue weighted by molar-refractivity contribution is 5.88. The first-order valence-corrected chi connectivity index (χ1v) is 5.28. The molecule has 0 aliphatic rings. The topological polar surface area (TPSA) is 78.6 Å². The van der Waals surface area contributed by atoms with Gasteiger partial charge in [-0.2, -0.15) is 0 Å². The number of ether oxygens (including phenoxy) is 2. The third kappa shape index (κ3) is 3.93. The molecule has 0 saturated carbocycles. The Kier molecular flexibility index (Phi) is 4.92. The van der Waals surface area contributed by atoms with E-state index in [1.807, 2.05) is 0 Å². The predicted octanol–water partition coefficient (Wildman–Crippen LogP) is 1.17. The van der Waals surface area contributed by atoms with Gasteiger partial charge in [0.2, 0.25) is 0 Å². The number of carbonyl (C=O) groups is 2. The maximum atomic E-state index is 11.1. The van der Waals surface area contributed by atoms with E-state index in [0.717, 1.165) is 5.56 Å². The van der Waals surface area contributed by atoms with Crippen LogP contribution in [-0.2, 0) is 25.5 Å². The summed E-state index contributed by atoms with van der Waals surface area (Å²) in [5.41, 5.74) is 7.70. The average Bonchev–Trinajstić information content (AvgIpc) is 2.38. The van der Waals surface area contributed by atoms with E-state index >= 15 is 0 Å². The summed E-state index contributed by atoms with van der Waals surface area (Å²) < 4.78 is 9.06. The maximum absolute atomic E-state index is 11.1. The fourth-order valence-corrected chi connectivity index (χ4v) is 1.34. The molecule has 0 aliphatic carbocycles. The lowest BCUT2D eigenvalue weighted by Gasteiger charge is -2.04. The van der Waals surface area contributed by atoms with Gasteiger partial charge in [0, 0.05) is 11.8 Å². The van der Waals surface area contributed by atoms with Gasteiger partial charge in [0.25, 0.3) is 0 Å². The van der Waals surface area contributed by atoms with E-state index in [1.54, 1.807) is 24.3 Å². The van der Waals surface area contributed by atoms with Crippen molar-refractivity contribution in [3.63, 3.8) is 0 Å². The zero-order chi connectivity index (χ0) is 13.5. The lowest BCUT2D eigenvalue weighted by molar-refractivity contribution is -0.139. The third-order valence-electron chi connectivity index (χ3n) is 2.33. The van der Waals surface area contributed by atoms with Gasteiger partial charge in [-0.1, -0.05) is 6.07 Å². The van der Waals surface area contributed by atoms with Crippen LogP contribution in [0.15, 0.2) is 24.3 Å². The molecule has 5 heteroatoms. The number of anilines is 1. The van der Waals surface area contributed by atoms with Gasteiger partial charge in [0.05, 0.1) is 20.6 Å². The molecule has 0 spiro atoms. The van der Waals surface area contributed by atoms with Gasteiger partial charge in [-0.05, 0) is 29.3 Å². The van der Waals surface area contributed by atoms with E-state index in [-0.39, 0.29) is 12.4 Å². The highest BCUT2D eigenvalue weighted by atomic mass is 16.5. The lowest BCUT2D eigenvalue weighted by Crippen LogP contribution is -2.05. The Morgan fingerprint density at radius 3 is 2.61 bits per heavy atom. The van der Waals surface area contributed by atoms with Gasteiger partial charge < -0.3 is 15.2 Å². The molecule has 0 radical (unpaired) electrons. The van der Waals surface area contributed by atoms with Crippen molar-refractivity contribution in [2.45, 2.75) is 6.42 Å². The smallest absolute Gasteiger partial charge is 0.330 e. The molecule has 0 amide bonds. The Morgan fingerprint density at radius 1 is 1.28 bits per heavy atom. The maximum Gasteiger partial charge on any atom is 0.330 e. The number of hydrogen-bond donors (Lipinski definition) is 1. The molecule has 0 saturated heterocycles. The van der Waals surface area contributed by atoms with Crippen LogP contribution in [0.3, 0.4) is 0 Å². The number of rotatable bonds is 4. The van der Waals surface area contributed by atoms with E-state index in [0.29, 0.717) is 11.3 Å². The molecule has 2 N–H and O–H groups in total. The van der Waals surface area contributed by atoms with Gasteiger partial charge >= 0.3 is 11.9 Å². The monoisotopic (exact) mass is 249 g/mol. The van der Waals surface area contributed by atoms with Crippen LogP contribution in [0.25, 0.3) is 6.08 Å². The summed E-state index contributed by atoms with van der Waals surface area (Å²) in [6.07, 6.45) is 2.98. The summed E-state index contributed by atoms with van der Waals surface area (Å²) in [7, 11) is 2.63. The minimum atomic E-state index is -0.465. The van der Waals surface area contributed by atoms with Crippen LogP contribution < -0.4 is 5.73 Å². The van der Waals surface area contributed by atoms with Gasteiger partial charge in [-0.3, -0.25) is 4.79 Å². The minimum Gasteiger partial charge on any atom is -0.469 e. The molecule has 0 bridgehead atoms. The Morgan fingerprint density at radius 2 is 2.00 bits per heavy atom. The van der Waals surface area contributed by atoms with Crippen LogP contribution in [0, 0.1) is 0 Å². The number of hydrogen-bond acceptors (Lipinski definition) is 5. The zero-order valence-electron chi connectivity index (χ0n) is 10.3. The number of nitrogen functional groups attached to an aromatic ring is 1. The second-order valence-electron chi connectivity index (χ2n) is 3.57. The summed E-state index contributed by atoms with van der Waals surface area (Å²) in [5, 5.41) is 0. The molecule has 0 unspecified atom stereocenters. The Labute approximate surface area is 105 Å². The van der Waals surface area contributed by atoms with Gasteiger partial charge in [0.1, 0.15) is 0 Å². The molecule has 18 heavy (non-hydrogen) atoms. The van der Waals surface area contributed by atoms with Crippen molar-refractivity contribution in [1.82, 2.24) is 0 Å². The summed E-state index contributed by atoms with van der Waals surface area (Å²) >= 11 is 0. The standard InChI is InChI=1S/C13H15NO4/c1-17-12(15)6-4-10-7-9(3-5-11(10)14)8-13(16)18-2/h3-7H,8,14H2,1-2H3. The minimum absolute atomic E-state index is 0.163.